The Bertz CT molecular complexity index is 1640. The maximum atomic E-state index is 12.5. The number of aromatic nitrogens is 4. The van der Waals surface area contributed by atoms with Crippen LogP contribution >= 0.6 is 0 Å². The largest absolute Gasteiger partial charge is 0.497 e. The van der Waals surface area contributed by atoms with Crippen LogP contribution in [-0.4, -0.2) is 62.3 Å². The number of hydrogen-bond donors (Lipinski definition) is 3. The minimum atomic E-state index is -1.25. The number of fused-ring (bicyclic) bond motifs is 1. The van der Waals surface area contributed by atoms with Crippen LogP contribution in [0.1, 0.15) is 29.3 Å². The Morgan fingerprint density at radius 1 is 0.927 bits per heavy atom. The molecule has 1 aliphatic rings. The summed E-state index contributed by atoms with van der Waals surface area (Å²) in [5.41, 5.74) is 1.34. The lowest BCUT2D eigenvalue weighted by atomic mass is 9.64. The standard InChI is InChI=1S/C31H30N4O6/c1-39-22-12-8-20(9-13-22)31(19-6-4-3-5-7-19,21-10-14-23(40-2)15-11-21)28(37)27-24(36)16-25(41-27)35-18-34-26-29(35)32-17-33-30(26)38/h3-15,17-18,24-25,27-28,36-37H,16H2,1-2H3,(H,32,33,38)/t24-,25-,27-,28?/m0/s1. The number of nitrogens with zero attached hydrogens (tertiary/aromatic N) is 3. The zero-order chi connectivity index (χ0) is 28.6. The van der Waals surface area contributed by atoms with Gasteiger partial charge in [0.2, 0.25) is 0 Å². The normalized spacial score (nSPS) is 19.8. The second kappa shape index (κ2) is 10.8. The van der Waals surface area contributed by atoms with Crippen LogP contribution < -0.4 is 15.0 Å². The minimum Gasteiger partial charge on any atom is -0.497 e. The van der Waals surface area contributed by atoms with Crippen molar-refractivity contribution in [2.24, 2.45) is 0 Å². The van der Waals surface area contributed by atoms with E-state index in [0.717, 1.165) is 16.7 Å². The van der Waals surface area contributed by atoms with E-state index in [0.29, 0.717) is 17.1 Å². The molecule has 0 bridgehead atoms. The molecule has 210 valence electrons. The van der Waals surface area contributed by atoms with E-state index in [9.17, 15) is 15.0 Å². The first-order valence-electron chi connectivity index (χ1n) is 13.2. The van der Waals surface area contributed by atoms with E-state index in [4.69, 9.17) is 14.2 Å². The van der Waals surface area contributed by atoms with Crippen molar-refractivity contribution >= 4 is 11.2 Å². The Kier molecular flexibility index (Phi) is 7.04. The monoisotopic (exact) mass is 554 g/mol. The molecule has 10 heteroatoms. The lowest BCUT2D eigenvalue weighted by Gasteiger charge is -2.43. The van der Waals surface area contributed by atoms with Crippen LogP contribution in [0.3, 0.4) is 0 Å². The van der Waals surface area contributed by atoms with Gasteiger partial charge in [-0.15, -0.1) is 0 Å². The Balaban J connectivity index is 1.50. The number of hydrogen-bond acceptors (Lipinski definition) is 8. The molecule has 0 amide bonds. The lowest BCUT2D eigenvalue weighted by Crippen LogP contribution is -2.51. The van der Waals surface area contributed by atoms with Gasteiger partial charge in [0.15, 0.2) is 11.2 Å². The molecule has 6 rings (SSSR count). The van der Waals surface area contributed by atoms with Gasteiger partial charge in [-0.25, -0.2) is 9.97 Å². The summed E-state index contributed by atoms with van der Waals surface area (Å²) in [6.45, 7) is 0. The van der Waals surface area contributed by atoms with Crippen LogP contribution in [0.2, 0.25) is 0 Å². The van der Waals surface area contributed by atoms with Crippen LogP contribution in [0.15, 0.2) is 96.3 Å². The van der Waals surface area contributed by atoms with Crippen molar-refractivity contribution in [3.05, 3.63) is 119 Å². The molecule has 2 aromatic heterocycles. The molecule has 0 aliphatic carbocycles. The number of nitrogens with one attached hydrogen (secondary N) is 1. The van der Waals surface area contributed by atoms with Gasteiger partial charge in [-0.1, -0.05) is 54.6 Å². The summed E-state index contributed by atoms with van der Waals surface area (Å²) in [6, 6.07) is 24.7. The second-order valence-corrected chi connectivity index (χ2v) is 9.99. The predicted molar refractivity (Wildman–Crippen MR) is 151 cm³/mol. The highest BCUT2D eigenvalue weighted by Gasteiger charge is 2.52. The third kappa shape index (κ3) is 4.46. The highest BCUT2D eigenvalue weighted by atomic mass is 16.5. The maximum absolute atomic E-state index is 12.5. The predicted octanol–water partition coefficient (Wildman–Crippen LogP) is 3.18. The molecule has 3 N–H and O–H groups in total. The number of methoxy groups -OCH3 is 2. The number of aliphatic hydroxyl groups is 2. The fourth-order valence-electron chi connectivity index (χ4n) is 5.87. The molecule has 3 heterocycles. The molecule has 10 nitrogen and oxygen atoms in total. The van der Waals surface area contributed by atoms with Gasteiger partial charge >= 0.3 is 0 Å². The van der Waals surface area contributed by atoms with Crippen molar-refractivity contribution in [3.63, 3.8) is 0 Å². The summed E-state index contributed by atoms with van der Waals surface area (Å²) in [4.78, 5) is 23.2. The molecule has 1 fully saturated rings. The first kappa shape index (κ1) is 26.7. The van der Waals surface area contributed by atoms with Crippen molar-refractivity contribution in [3.8, 4) is 11.5 Å². The molecule has 1 aliphatic heterocycles. The van der Waals surface area contributed by atoms with Crippen LogP contribution in [0.4, 0.5) is 0 Å². The Hall–Kier alpha value is -4.51. The van der Waals surface area contributed by atoms with Gasteiger partial charge in [-0.2, -0.15) is 0 Å². The average Bonchev–Trinajstić information content (AvgIpc) is 3.63. The zero-order valence-electron chi connectivity index (χ0n) is 22.5. The Morgan fingerprint density at radius 2 is 1.51 bits per heavy atom. The minimum absolute atomic E-state index is 0.164. The molecule has 1 saturated heterocycles. The van der Waals surface area contributed by atoms with Crippen molar-refractivity contribution < 1.29 is 24.4 Å². The number of ether oxygens (including phenoxy) is 3. The van der Waals surface area contributed by atoms with Gasteiger partial charge < -0.3 is 29.4 Å². The fraction of sp³-hybridized carbons (Fsp3) is 0.258. The third-order valence-electron chi connectivity index (χ3n) is 7.89. The van der Waals surface area contributed by atoms with E-state index >= 15 is 0 Å². The average molecular weight is 555 g/mol. The van der Waals surface area contributed by atoms with Crippen molar-refractivity contribution in [2.45, 2.75) is 36.4 Å². The molecule has 4 atom stereocenters. The topological polar surface area (TPSA) is 132 Å². The number of benzene rings is 3. The van der Waals surface area contributed by atoms with Crippen molar-refractivity contribution in [1.82, 2.24) is 19.5 Å². The highest BCUT2D eigenvalue weighted by Crippen LogP contribution is 2.47. The van der Waals surface area contributed by atoms with Crippen molar-refractivity contribution in [1.29, 1.82) is 0 Å². The smallest absolute Gasteiger partial charge is 0.278 e. The molecule has 0 radical (unpaired) electrons. The van der Waals surface area contributed by atoms with Crippen molar-refractivity contribution in [2.75, 3.05) is 14.2 Å². The number of H-pyrrole nitrogens is 1. The zero-order valence-corrected chi connectivity index (χ0v) is 22.5. The summed E-state index contributed by atoms with van der Waals surface area (Å²) in [5, 5.41) is 23.8. The van der Waals surface area contributed by atoms with Gasteiger partial charge in [0.25, 0.3) is 5.56 Å². The Labute approximate surface area is 235 Å². The van der Waals surface area contributed by atoms with Gasteiger partial charge in [0.05, 0.1) is 38.4 Å². The summed E-state index contributed by atoms with van der Waals surface area (Å²) in [6.07, 6.45) is -1.07. The van der Waals surface area contributed by atoms with Crippen LogP contribution in [-0.2, 0) is 10.2 Å². The second-order valence-electron chi connectivity index (χ2n) is 9.99. The summed E-state index contributed by atoms with van der Waals surface area (Å²) in [7, 11) is 3.20. The first-order valence-corrected chi connectivity index (χ1v) is 13.2. The van der Waals surface area contributed by atoms with E-state index in [1.165, 1.54) is 12.7 Å². The fourth-order valence-corrected chi connectivity index (χ4v) is 5.87. The van der Waals surface area contributed by atoms with E-state index < -0.39 is 30.0 Å². The quantitative estimate of drug-likeness (QED) is 0.249. The van der Waals surface area contributed by atoms with E-state index in [1.54, 1.807) is 18.8 Å². The number of rotatable bonds is 8. The SMILES string of the molecule is COc1ccc(C(c2ccccc2)(c2ccc(OC)cc2)C(O)[C@H]2O[C@H](n3cnc4c(=O)[nH]cnc43)C[C@@H]2O)cc1. The van der Waals surface area contributed by atoms with Crippen LogP contribution in [0.5, 0.6) is 11.5 Å². The molecular weight excluding hydrogens is 524 g/mol. The molecule has 5 aromatic rings. The molecular formula is C31H30N4O6. The molecule has 0 saturated carbocycles. The number of aromatic amines is 1. The van der Waals surface area contributed by atoms with E-state index in [1.807, 2.05) is 78.9 Å². The molecule has 3 aromatic carbocycles. The van der Waals surface area contributed by atoms with Gasteiger partial charge in [0, 0.05) is 6.42 Å². The molecule has 0 spiro atoms. The molecule has 41 heavy (non-hydrogen) atoms. The van der Waals surface area contributed by atoms with Gasteiger partial charge in [0.1, 0.15) is 29.9 Å². The third-order valence-corrected chi connectivity index (χ3v) is 7.89. The Morgan fingerprint density at radius 3 is 2.10 bits per heavy atom. The van der Waals surface area contributed by atoms with Crippen LogP contribution in [0, 0.1) is 0 Å². The highest BCUT2D eigenvalue weighted by molar-refractivity contribution is 5.68. The summed E-state index contributed by atoms with van der Waals surface area (Å²) >= 11 is 0. The molecule has 1 unspecified atom stereocenters. The maximum Gasteiger partial charge on any atom is 0.278 e. The van der Waals surface area contributed by atoms with Crippen LogP contribution in [0.25, 0.3) is 11.2 Å². The van der Waals surface area contributed by atoms with Gasteiger partial charge in [-0.05, 0) is 41.0 Å². The van der Waals surface area contributed by atoms with Gasteiger partial charge in [-0.3, -0.25) is 9.36 Å². The first-order chi connectivity index (χ1) is 20.0. The van der Waals surface area contributed by atoms with E-state index in [2.05, 4.69) is 15.0 Å². The van der Waals surface area contributed by atoms with E-state index in [-0.39, 0.29) is 17.5 Å². The number of imidazole rings is 1. The number of aliphatic hydroxyl groups excluding tert-OH is 2. The lowest BCUT2D eigenvalue weighted by molar-refractivity contribution is -0.0960. The summed E-state index contributed by atoms with van der Waals surface area (Å²) in [5.74, 6) is 1.35. The summed E-state index contributed by atoms with van der Waals surface area (Å²) < 4.78 is 18.9.